The number of ether oxygens (including phenoxy) is 2. The van der Waals surface area contributed by atoms with Crippen LogP contribution in [-0.2, 0) is 16.0 Å². The molecule has 0 bridgehead atoms. The van der Waals surface area contributed by atoms with Crippen LogP contribution in [0.4, 0.5) is 13.2 Å². The number of hydrogen-bond donors (Lipinski definition) is 0. The van der Waals surface area contributed by atoms with E-state index in [1.165, 1.54) is 6.07 Å². The summed E-state index contributed by atoms with van der Waals surface area (Å²) >= 11 is 9.20. The number of carbonyl (C=O) groups is 1. The Morgan fingerprint density at radius 2 is 2.00 bits per heavy atom. The molecule has 0 saturated carbocycles. The fraction of sp³-hybridized carbons (Fsp3) is 0.562. The van der Waals surface area contributed by atoms with Crippen molar-refractivity contribution in [2.45, 2.75) is 39.3 Å². The first-order valence-electron chi connectivity index (χ1n) is 7.52. The number of benzene rings is 1. The Labute approximate surface area is 152 Å². The molecule has 0 saturated heterocycles. The van der Waals surface area contributed by atoms with Crippen LogP contribution < -0.4 is 4.74 Å². The molecule has 0 amide bonds. The lowest BCUT2D eigenvalue weighted by Gasteiger charge is -2.17. The maximum Gasteiger partial charge on any atom is 0.422 e. The van der Waals surface area contributed by atoms with Gasteiger partial charge >= 0.3 is 12.1 Å². The van der Waals surface area contributed by atoms with Crippen LogP contribution in [0.2, 0.25) is 5.02 Å². The van der Waals surface area contributed by atoms with E-state index in [4.69, 9.17) is 21.1 Å². The maximum atomic E-state index is 12.3. The third-order valence-corrected chi connectivity index (χ3v) is 4.05. The van der Waals surface area contributed by atoms with Crippen molar-refractivity contribution in [2.75, 3.05) is 13.2 Å². The minimum absolute atomic E-state index is 0.0581. The highest BCUT2D eigenvalue weighted by atomic mass is 79.9. The summed E-state index contributed by atoms with van der Waals surface area (Å²) in [5.74, 6) is -0.676. The van der Waals surface area contributed by atoms with Crippen LogP contribution >= 0.6 is 27.5 Å². The predicted molar refractivity (Wildman–Crippen MR) is 89.4 cm³/mol. The summed E-state index contributed by atoms with van der Waals surface area (Å²) in [5.41, 5.74) is 0.720. The van der Waals surface area contributed by atoms with E-state index in [0.29, 0.717) is 23.9 Å². The van der Waals surface area contributed by atoms with Gasteiger partial charge in [0.25, 0.3) is 0 Å². The SMILES string of the molecule is CCCC(Cc1cc(Cl)c(OCC(F)(F)F)c(Br)c1)C(=O)OCC. The van der Waals surface area contributed by atoms with Crippen molar-refractivity contribution in [1.82, 2.24) is 0 Å². The van der Waals surface area contributed by atoms with Crippen LogP contribution in [0.25, 0.3) is 0 Å². The second kappa shape index (κ2) is 9.51. The van der Waals surface area contributed by atoms with E-state index in [1.807, 2.05) is 6.92 Å². The van der Waals surface area contributed by atoms with Gasteiger partial charge in [0.1, 0.15) is 0 Å². The van der Waals surface area contributed by atoms with Gasteiger partial charge < -0.3 is 9.47 Å². The molecule has 1 rings (SSSR count). The molecule has 1 atom stereocenters. The predicted octanol–water partition coefficient (Wildman–Crippen LogP) is 5.57. The number of esters is 1. The van der Waals surface area contributed by atoms with Crippen molar-refractivity contribution in [3.05, 3.63) is 27.2 Å². The highest BCUT2D eigenvalue weighted by molar-refractivity contribution is 9.10. The molecule has 136 valence electrons. The van der Waals surface area contributed by atoms with Gasteiger partial charge in [0, 0.05) is 0 Å². The van der Waals surface area contributed by atoms with Gasteiger partial charge in [-0.3, -0.25) is 4.79 Å². The summed E-state index contributed by atoms with van der Waals surface area (Å²) < 4.78 is 46.9. The van der Waals surface area contributed by atoms with Crippen molar-refractivity contribution < 1.29 is 27.4 Å². The minimum Gasteiger partial charge on any atom is -0.481 e. The summed E-state index contributed by atoms with van der Waals surface area (Å²) in [4.78, 5) is 12.0. The van der Waals surface area contributed by atoms with Gasteiger partial charge in [-0.1, -0.05) is 24.9 Å². The normalized spacial score (nSPS) is 12.8. The zero-order valence-electron chi connectivity index (χ0n) is 13.4. The molecule has 24 heavy (non-hydrogen) atoms. The topological polar surface area (TPSA) is 35.5 Å². The lowest BCUT2D eigenvalue weighted by atomic mass is 9.95. The Morgan fingerprint density at radius 3 is 2.50 bits per heavy atom. The third kappa shape index (κ3) is 6.89. The van der Waals surface area contributed by atoms with Crippen LogP contribution in [-0.4, -0.2) is 25.4 Å². The van der Waals surface area contributed by atoms with E-state index < -0.39 is 12.8 Å². The van der Waals surface area contributed by atoms with Gasteiger partial charge in [-0.05, 0) is 53.4 Å². The lowest BCUT2D eigenvalue weighted by Crippen LogP contribution is -2.20. The molecule has 1 aromatic rings. The summed E-state index contributed by atoms with van der Waals surface area (Å²) in [7, 11) is 0. The van der Waals surface area contributed by atoms with Crippen LogP contribution in [0.1, 0.15) is 32.3 Å². The first kappa shape index (κ1) is 21.1. The molecule has 0 aliphatic heterocycles. The van der Waals surface area contributed by atoms with Crippen molar-refractivity contribution in [3.8, 4) is 5.75 Å². The minimum atomic E-state index is -4.45. The summed E-state index contributed by atoms with van der Waals surface area (Å²) in [6.45, 7) is 2.57. The van der Waals surface area contributed by atoms with Gasteiger partial charge in [0.2, 0.25) is 0 Å². The van der Waals surface area contributed by atoms with Crippen LogP contribution in [0, 0.1) is 5.92 Å². The molecule has 0 aromatic heterocycles. The Balaban J connectivity index is 2.91. The summed E-state index contributed by atoms with van der Waals surface area (Å²) in [6, 6.07) is 3.12. The number of alkyl halides is 3. The van der Waals surface area contributed by atoms with Gasteiger partial charge in [-0.2, -0.15) is 13.2 Å². The van der Waals surface area contributed by atoms with E-state index >= 15 is 0 Å². The smallest absolute Gasteiger partial charge is 0.422 e. The average molecular weight is 432 g/mol. The molecule has 8 heteroatoms. The second-order valence-electron chi connectivity index (χ2n) is 5.23. The second-order valence-corrected chi connectivity index (χ2v) is 6.50. The Bertz CT molecular complexity index is 541. The van der Waals surface area contributed by atoms with E-state index in [-0.39, 0.29) is 22.7 Å². The van der Waals surface area contributed by atoms with Gasteiger partial charge in [-0.25, -0.2) is 0 Å². The molecule has 0 aliphatic carbocycles. The zero-order valence-corrected chi connectivity index (χ0v) is 15.7. The van der Waals surface area contributed by atoms with E-state index in [1.54, 1.807) is 13.0 Å². The molecule has 0 spiro atoms. The molecule has 1 unspecified atom stereocenters. The van der Waals surface area contributed by atoms with Gasteiger partial charge in [0.05, 0.1) is 22.0 Å². The van der Waals surface area contributed by atoms with Crippen LogP contribution in [0.5, 0.6) is 5.75 Å². The standard InChI is InChI=1S/C16H19BrClF3O3/c1-3-5-11(15(22)23-4-2)6-10-7-12(17)14(13(18)8-10)24-9-16(19,20)21/h7-8,11H,3-6,9H2,1-2H3. The van der Waals surface area contributed by atoms with E-state index in [9.17, 15) is 18.0 Å². The number of rotatable bonds is 8. The van der Waals surface area contributed by atoms with Gasteiger partial charge in [-0.15, -0.1) is 0 Å². The van der Waals surface area contributed by atoms with E-state index in [0.717, 1.165) is 12.0 Å². The molecule has 1 aromatic carbocycles. The largest absolute Gasteiger partial charge is 0.481 e. The molecule has 0 radical (unpaired) electrons. The highest BCUT2D eigenvalue weighted by Gasteiger charge is 2.29. The quantitative estimate of drug-likeness (QED) is 0.505. The maximum absolute atomic E-state index is 12.3. The third-order valence-electron chi connectivity index (χ3n) is 3.18. The number of halogens is 5. The summed E-state index contributed by atoms with van der Waals surface area (Å²) in [5, 5.41) is 0.0581. The Kier molecular flexibility index (Phi) is 8.36. The van der Waals surface area contributed by atoms with Crippen LogP contribution in [0.3, 0.4) is 0 Å². The Morgan fingerprint density at radius 1 is 1.33 bits per heavy atom. The molecule has 0 heterocycles. The number of carbonyl (C=O) groups excluding carboxylic acids is 1. The molecule has 3 nitrogen and oxygen atoms in total. The van der Waals surface area contributed by atoms with Gasteiger partial charge in [0.15, 0.2) is 12.4 Å². The van der Waals surface area contributed by atoms with Crippen molar-refractivity contribution in [3.63, 3.8) is 0 Å². The molecular formula is C16H19BrClF3O3. The average Bonchev–Trinajstić information content (AvgIpc) is 2.45. The van der Waals surface area contributed by atoms with Crippen molar-refractivity contribution in [1.29, 1.82) is 0 Å². The molecule has 0 aliphatic rings. The molecule has 0 N–H and O–H groups in total. The lowest BCUT2D eigenvalue weighted by molar-refractivity contribution is -0.153. The molecular weight excluding hydrogens is 413 g/mol. The van der Waals surface area contributed by atoms with Crippen LogP contribution in [0.15, 0.2) is 16.6 Å². The van der Waals surface area contributed by atoms with E-state index in [2.05, 4.69) is 15.9 Å². The monoisotopic (exact) mass is 430 g/mol. The number of hydrogen-bond acceptors (Lipinski definition) is 3. The fourth-order valence-electron chi connectivity index (χ4n) is 2.22. The highest BCUT2D eigenvalue weighted by Crippen LogP contribution is 2.36. The van der Waals surface area contributed by atoms with Crippen molar-refractivity contribution in [2.24, 2.45) is 5.92 Å². The first-order valence-corrected chi connectivity index (χ1v) is 8.69. The first-order chi connectivity index (χ1) is 11.2. The zero-order chi connectivity index (χ0) is 18.3. The Hall–Kier alpha value is -0.950. The summed E-state index contributed by atoms with van der Waals surface area (Å²) in [6.07, 6.45) is -2.59. The fourth-order valence-corrected chi connectivity index (χ4v) is 3.25. The van der Waals surface area contributed by atoms with Crippen molar-refractivity contribution >= 4 is 33.5 Å². The molecule has 0 fully saturated rings.